The van der Waals surface area contributed by atoms with Crippen molar-refractivity contribution in [3.05, 3.63) is 18.2 Å². The highest BCUT2D eigenvalue weighted by atomic mass is 32.2. The van der Waals surface area contributed by atoms with Gasteiger partial charge in [-0.15, -0.1) is 0 Å². The molecule has 1 heterocycles. The molecule has 1 aliphatic heterocycles. The summed E-state index contributed by atoms with van der Waals surface area (Å²) in [6, 6.07) is 3.29. The van der Waals surface area contributed by atoms with Gasteiger partial charge in [0.15, 0.2) is 11.5 Å². The minimum Gasteiger partial charge on any atom is -0.486 e. The summed E-state index contributed by atoms with van der Waals surface area (Å²) in [6.45, 7) is 4.24. The van der Waals surface area contributed by atoms with Crippen LogP contribution >= 0.6 is 0 Å². The van der Waals surface area contributed by atoms with Crippen molar-refractivity contribution in [2.75, 3.05) is 13.2 Å². The number of amides is 2. The van der Waals surface area contributed by atoms with E-state index in [9.17, 15) is 18.0 Å². The molecule has 0 spiro atoms. The molecular formula is C24H33N3O6S. The van der Waals surface area contributed by atoms with Gasteiger partial charge in [-0.1, -0.05) is 13.8 Å². The lowest BCUT2D eigenvalue weighted by atomic mass is 9.49. The number of fused-ring (bicyclic) bond motifs is 1. The fraction of sp³-hybridized carbons (Fsp3) is 0.667. The second-order valence-electron chi connectivity index (χ2n) is 10.8. The van der Waals surface area contributed by atoms with Gasteiger partial charge in [-0.25, -0.2) is 8.42 Å². The van der Waals surface area contributed by atoms with Crippen molar-refractivity contribution in [1.82, 2.24) is 15.6 Å². The number of hydrogen-bond donors (Lipinski definition) is 3. The van der Waals surface area contributed by atoms with Crippen LogP contribution in [0.5, 0.6) is 11.5 Å². The van der Waals surface area contributed by atoms with E-state index in [0.717, 1.165) is 19.3 Å². The lowest BCUT2D eigenvalue weighted by Gasteiger charge is -2.55. The maximum Gasteiger partial charge on any atom is 0.256 e. The standard InChI is InChI=1S/C24H33N3O6S/c1-14(2)21(27-34(30,31)18-3-4-19-20(10-18)33-6-5-32-19)22(28)25-26-23(29)24-11-15-7-16(12-24)9-17(8-15)13-24/h3-4,10,14-17,21,27H,5-9,11-13H2,1-2H3,(H,25,28)(H,26,29)/t15?,16?,17?,21-,24?/m1/s1. The Balaban J connectivity index is 1.24. The van der Waals surface area contributed by atoms with Gasteiger partial charge in [0.2, 0.25) is 15.9 Å². The Hall–Kier alpha value is -2.33. The van der Waals surface area contributed by atoms with Gasteiger partial charge in [0, 0.05) is 6.07 Å². The summed E-state index contributed by atoms with van der Waals surface area (Å²) < 4.78 is 39.5. The molecule has 4 aliphatic carbocycles. The van der Waals surface area contributed by atoms with Crippen LogP contribution in [0.25, 0.3) is 0 Å². The molecule has 3 N–H and O–H groups in total. The monoisotopic (exact) mass is 491 g/mol. The topological polar surface area (TPSA) is 123 Å². The first kappa shape index (κ1) is 23.4. The van der Waals surface area contributed by atoms with Gasteiger partial charge in [-0.3, -0.25) is 20.4 Å². The molecule has 1 aromatic rings. The normalized spacial score (nSPS) is 30.1. The zero-order chi connectivity index (χ0) is 24.1. The first-order valence-electron chi connectivity index (χ1n) is 12.2. The van der Waals surface area contributed by atoms with E-state index in [1.165, 1.54) is 31.4 Å². The van der Waals surface area contributed by atoms with Crippen LogP contribution in [-0.2, 0) is 19.6 Å². The molecule has 4 saturated carbocycles. The SMILES string of the molecule is CC(C)[C@@H](NS(=O)(=O)c1ccc2c(c1)OCCO2)C(=O)NNC(=O)C12CC3CC(CC(C3)C1)C2. The molecule has 1 atom stereocenters. The van der Waals surface area contributed by atoms with Crippen LogP contribution in [0.1, 0.15) is 52.4 Å². The summed E-state index contributed by atoms with van der Waals surface area (Å²) in [5.74, 6) is 1.57. The van der Waals surface area contributed by atoms with Crippen LogP contribution in [0.3, 0.4) is 0 Å². The van der Waals surface area contributed by atoms with Crippen LogP contribution in [0.2, 0.25) is 0 Å². The molecule has 2 amide bonds. The van der Waals surface area contributed by atoms with Crippen molar-refractivity contribution in [1.29, 1.82) is 0 Å². The lowest BCUT2D eigenvalue weighted by molar-refractivity contribution is -0.149. The predicted molar refractivity (Wildman–Crippen MR) is 123 cm³/mol. The predicted octanol–water partition coefficient (Wildman–Crippen LogP) is 2.12. The van der Waals surface area contributed by atoms with Crippen molar-refractivity contribution in [2.24, 2.45) is 29.1 Å². The average molecular weight is 492 g/mol. The largest absolute Gasteiger partial charge is 0.486 e. The first-order chi connectivity index (χ1) is 16.1. The highest BCUT2D eigenvalue weighted by molar-refractivity contribution is 7.89. The van der Waals surface area contributed by atoms with E-state index in [4.69, 9.17) is 9.47 Å². The third-order valence-corrected chi connectivity index (χ3v) is 9.31. The number of ether oxygens (including phenoxy) is 2. The van der Waals surface area contributed by atoms with Gasteiger partial charge in [0.05, 0.1) is 10.3 Å². The molecule has 34 heavy (non-hydrogen) atoms. The third-order valence-electron chi connectivity index (χ3n) is 7.87. The second-order valence-corrected chi connectivity index (χ2v) is 12.5. The fourth-order valence-electron chi connectivity index (χ4n) is 6.64. The maximum atomic E-state index is 13.1. The minimum atomic E-state index is -4.02. The Morgan fingerprint density at radius 3 is 2.12 bits per heavy atom. The molecule has 10 heteroatoms. The Kier molecular flexibility index (Phi) is 6.00. The average Bonchev–Trinajstić information content (AvgIpc) is 2.79. The number of carbonyl (C=O) groups is 2. The van der Waals surface area contributed by atoms with Crippen LogP contribution in [0.4, 0.5) is 0 Å². The van der Waals surface area contributed by atoms with E-state index in [1.807, 2.05) is 0 Å². The summed E-state index contributed by atoms with van der Waals surface area (Å²) in [5.41, 5.74) is 4.73. The number of benzene rings is 1. The Morgan fingerprint density at radius 1 is 0.941 bits per heavy atom. The number of nitrogens with one attached hydrogen (secondary N) is 3. The number of sulfonamides is 1. The maximum absolute atomic E-state index is 13.1. The summed E-state index contributed by atoms with van der Waals surface area (Å²) in [5, 5.41) is 0. The first-order valence-corrected chi connectivity index (χ1v) is 13.7. The van der Waals surface area contributed by atoms with Gasteiger partial charge in [0.1, 0.15) is 19.3 Å². The molecule has 1 aromatic carbocycles. The van der Waals surface area contributed by atoms with E-state index in [1.54, 1.807) is 19.9 Å². The zero-order valence-electron chi connectivity index (χ0n) is 19.6. The van der Waals surface area contributed by atoms with Crippen LogP contribution in [-0.4, -0.2) is 39.5 Å². The van der Waals surface area contributed by atoms with Crippen LogP contribution in [0.15, 0.2) is 23.1 Å². The van der Waals surface area contributed by atoms with Gasteiger partial charge < -0.3 is 9.47 Å². The molecule has 6 rings (SSSR count). The molecule has 4 fully saturated rings. The Labute approximate surface area is 200 Å². The zero-order valence-corrected chi connectivity index (χ0v) is 20.4. The third kappa shape index (κ3) is 4.37. The van der Waals surface area contributed by atoms with E-state index < -0.39 is 27.4 Å². The van der Waals surface area contributed by atoms with Crippen molar-refractivity contribution in [2.45, 2.75) is 63.3 Å². The number of hydrazine groups is 1. The molecule has 9 nitrogen and oxygen atoms in total. The van der Waals surface area contributed by atoms with E-state index >= 15 is 0 Å². The summed E-state index contributed by atoms with van der Waals surface area (Å²) in [7, 11) is -4.02. The molecule has 4 bridgehead atoms. The summed E-state index contributed by atoms with van der Waals surface area (Å²) in [6.07, 6.45) is 6.29. The van der Waals surface area contributed by atoms with Gasteiger partial charge in [-0.2, -0.15) is 4.72 Å². The Morgan fingerprint density at radius 2 is 1.53 bits per heavy atom. The van der Waals surface area contributed by atoms with Crippen LogP contribution < -0.4 is 25.0 Å². The van der Waals surface area contributed by atoms with Gasteiger partial charge >= 0.3 is 0 Å². The highest BCUT2D eigenvalue weighted by Crippen LogP contribution is 2.60. The van der Waals surface area contributed by atoms with Gasteiger partial charge in [-0.05, 0) is 74.3 Å². The number of hydrogen-bond acceptors (Lipinski definition) is 6. The lowest BCUT2D eigenvalue weighted by Crippen LogP contribution is -2.59. The van der Waals surface area contributed by atoms with E-state index in [0.29, 0.717) is 42.5 Å². The van der Waals surface area contributed by atoms with Crippen molar-refractivity contribution < 1.29 is 27.5 Å². The van der Waals surface area contributed by atoms with Crippen molar-refractivity contribution in [3.63, 3.8) is 0 Å². The molecule has 0 radical (unpaired) electrons. The number of rotatable bonds is 6. The fourth-order valence-corrected chi connectivity index (χ4v) is 7.99. The minimum absolute atomic E-state index is 0.0206. The Bertz CT molecular complexity index is 1050. The molecular weight excluding hydrogens is 458 g/mol. The molecule has 186 valence electrons. The molecule has 0 aromatic heterocycles. The highest BCUT2D eigenvalue weighted by Gasteiger charge is 2.54. The summed E-state index contributed by atoms with van der Waals surface area (Å²) >= 11 is 0. The second kappa shape index (κ2) is 8.71. The molecule has 0 unspecified atom stereocenters. The number of carbonyl (C=O) groups excluding carboxylic acids is 2. The van der Waals surface area contributed by atoms with Crippen molar-refractivity contribution >= 4 is 21.8 Å². The van der Waals surface area contributed by atoms with Gasteiger partial charge in [0.25, 0.3) is 5.91 Å². The smallest absolute Gasteiger partial charge is 0.256 e. The molecule has 0 saturated heterocycles. The summed E-state index contributed by atoms with van der Waals surface area (Å²) in [4.78, 5) is 26.1. The van der Waals surface area contributed by atoms with E-state index in [2.05, 4.69) is 15.6 Å². The van der Waals surface area contributed by atoms with Crippen molar-refractivity contribution in [3.8, 4) is 11.5 Å². The quantitative estimate of drug-likeness (QED) is 0.524. The van der Waals surface area contributed by atoms with E-state index in [-0.39, 0.29) is 16.7 Å². The molecule has 5 aliphatic rings. The van der Waals surface area contributed by atoms with Crippen LogP contribution in [0, 0.1) is 29.1 Å².